The fraction of sp³-hybridized carbons (Fsp3) is 0.333. The zero-order chi connectivity index (χ0) is 28.8. The quantitative estimate of drug-likeness (QED) is 0.404. The number of hydrogen-bond acceptors (Lipinski definition) is 7. The molecule has 39 heavy (non-hydrogen) atoms. The first-order chi connectivity index (χ1) is 18.2. The van der Waals surface area contributed by atoms with Crippen LogP contribution in [0.15, 0.2) is 61.8 Å². The maximum atomic E-state index is 13.3. The number of anilines is 2. The summed E-state index contributed by atoms with van der Waals surface area (Å²) in [6.45, 7) is 9.68. The van der Waals surface area contributed by atoms with Crippen molar-refractivity contribution in [3.63, 3.8) is 0 Å². The number of guanidine groups is 2. The minimum Gasteiger partial charge on any atom is -0.329 e. The molecule has 1 aliphatic carbocycles. The number of aliphatic imine (C=N–C) groups is 1. The SMILES string of the molecule is C=C(CC)NC1=NS(=O)(=O)c2cc(F)c(Cl)cc2N1.CC(C)C1(N=C2Nc3ccc(F)cc3S(=O)(=O)N2)CC1. The molecule has 0 amide bonds. The van der Waals surface area contributed by atoms with E-state index in [1.54, 1.807) is 0 Å². The third kappa shape index (κ3) is 6.17. The van der Waals surface area contributed by atoms with Crippen molar-refractivity contribution in [2.45, 2.75) is 55.4 Å². The predicted molar refractivity (Wildman–Crippen MR) is 147 cm³/mol. The molecule has 0 atom stereocenters. The van der Waals surface area contributed by atoms with Crippen molar-refractivity contribution in [1.29, 1.82) is 0 Å². The average Bonchev–Trinajstić information content (AvgIpc) is 3.61. The van der Waals surface area contributed by atoms with Crippen molar-refractivity contribution in [1.82, 2.24) is 10.0 Å². The Balaban J connectivity index is 0.000000181. The van der Waals surface area contributed by atoms with Gasteiger partial charge in [-0.1, -0.05) is 39.0 Å². The second-order valence-corrected chi connectivity index (χ2v) is 13.1. The van der Waals surface area contributed by atoms with E-state index in [0.29, 0.717) is 23.7 Å². The van der Waals surface area contributed by atoms with Crippen LogP contribution in [0.4, 0.5) is 20.2 Å². The van der Waals surface area contributed by atoms with Gasteiger partial charge >= 0.3 is 0 Å². The Morgan fingerprint density at radius 1 is 1.13 bits per heavy atom. The molecule has 0 aromatic heterocycles. The Bertz CT molecular complexity index is 1620. The van der Waals surface area contributed by atoms with Crippen LogP contribution in [-0.2, 0) is 20.0 Å². The fourth-order valence-electron chi connectivity index (χ4n) is 3.85. The van der Waals surface area contributed by atoms with Crippen molar-refractivity contribution >= 4 is 54.9 Å². The molecule has 3 aliphatic rings. The molecule has 15 heteroatoms. The highest BCUT2D eigenvalue weighted by Gasteiger charge is 2.46. The van der Waals surface area contributed by atoms with Crippen molar-refractivity contribution in [2.24, 2.45) is 15.3 Å². The number of sulfonamides is 2. The maximum Gasteiger partial charge on any atom is 0.287 e. The molecular formula is C24H27ClF2N6O4S2. The topological polar surface area (TPSA) is 141 Å². The van der Waals surface area contributed by atoms with E-state index in [2.05, 4.69) is 50.5 Å². The van der Waals surface area contributed by atoms with Gasteiger partial charge in [0.05, 0.1) is 21.9 Å². The minimum atomic E-state index is -3.96. The third-order valence-corrected chi connectivity index (χ3v) is 9.36. The van der Waals surface area contributed by atoms with Gasteiger partial charge in [0.2, 0.25) is 11.9 Å². The van der Waals surface area contributed by atoms with E-state index in [-0.39, 0.29) is 38.0 Å². The highest BCUT2D eigenvalue weighted by molar-refractivity contribution is 7.90. The Morgan fingerprint density at radius 3 is 2.44 bits per heavy atom. The summed E-state index contributed by atoms with van der Waals surface area (Å²) >= 11 is 5.63. The van der Waals surface area contributed by atoms with Crippen LogP contribution in [0, 0.1) is 17.6 Å². The lowest BCUT2D eigenvalue weighted by Crippen LogP contribution is -2.42. The molecule has 2 aromatic carbocycles. The number of benzene rings is 2. The van der Waals surface area contributed by atoms with Gasteiger partial charge in [-0.25, -0.2) is 26.9 Å². The van der Waals surface area contributed by atoms with E-state index in [1.807, 2.05) is 6.92 Å². The first kappa shape index (κ1) is 28.8. The summed E-state index contributed by atoms with van der Waals surface area (Å²) in [7, 11) is -7.73. The third-order valence-electron chi connectivity index (χ3n) is 6.38. The molecule has 2 aliphatic heterocycles. The highest BCUT2D eigenvalue weighted by atomic mass is 35.5. The average molecular weight is 601 g/mol. The second-order valence-electron chi connectivity index (χ2n) is 9.47. The lowest BCUT2D eigenvalue weighted by Gasteiger charge is -2.24. The summed E-state index contributed by atoms with van der Waals surface area (Å²) in [4.78, 5) is 4.18. The lowest BCUT2D eigenvalue weighted by atomic mass is 10.0. The number of halogens is 3. The number of rotatable bonds is 4. The maximum absolute atomic E-state index is 13.3. The molecule has 10 nitrogen and oxygen atoms in total. The number of allylic oxidation sites excluding steroid dienone is 1. The molecule has 2 aromatic rings. The summed E-state index contributed by atoms with van der Waals surface area (Å²) in [5, 5.41) is 8.22. The largest absolute Gasteiger partial charge is 0.329 e. The van der Waals surface area contributed by atoms with E-state index >= 15 is 0 Å². The molecule has 4 N–H and O–H groups in total. The zero-order valence-electron chi connectivity index (χ0n) is 21.3. The Labute approximate surface area is 230 Å². The molecule has 1 saturated carbocycles. The summed E-state index contributed by atoms with van der Waals surface area (Å²) < 4.78 is 80.4. The van der Waals surface area contributed by atoms with Crippen LogP contribution in [0.3, 0.4) is 0 Å². The molecule has 0 radical (unpaired) electrons. The van der Waals surface area contributed by atoms with E-state index in [0.717, 1.165) is 25.0 Å². The first-order valence-corrected chi connectivity index (χ1v) is 15.2. The van der Waals surface area contributed by atoms with E-state index < -0.39 is 31.7 Å². The van der Waals surface area contributed by atoms with Gasteiger partial charge in [-0.05, 0) is 55.5 Å². The van der Waals surface area contributed by atoms with Crippen LogP contribution in [0.2, 0.25) is 5.02 Å². The molecule has 5 rings (SSSR count). The van der Waals surface area contributed by atoms with Crippen LogP contribution in [-0.4, -0.2) is 34.3 Å². The van der Waals surface area contributed by atoms with Crippen LogP contribution < -0.4 is 20.7 Å². The lowest BCUT2D eigenvalue weighted by molar-refractivity contribution is 0.480. The van der Waals surface area contributed by atoms with Gasteiger partial charge in [-0.2, -0.15) is 8.42 Å². The van der Waals surface area contributed by atoms with Gasteiger partial charge in [-0.15, -0.1) is 4.40 Å². The van der Waals surface area contributed by atoms with Crippen LogP contribution in [0.5, 0.6) is 0 Å². The minimum absolute atomic E-state index is 0.0158. The van der Waals surface area contributed by atoms with Crippen LogP contribution >= 0.6 is 11.6 Å². The van der Waals surface area contributed by atoms with Gasteiger partial charge in [0.25, 0.3) is 20.0 Å². The van der Waals surface area contributed by atoms with Crippen LogP contribution in [0.25, 0.3) is 0 Å². The molecule has 1 fully saturated rings. The number of fused-ring (bicyclic) bond motifs is 2. The molecule has 0 spiro atoms. The molecule has 0 bridgehead atoms. The van der Waals surface area contributed by atoms with E-state index in [4.69, 9.17) is 11.6 Å². The van der Waals surface area contributed by atoms with Crippen molar-refractivity contribution in [3.05, 3.63) is 59.3 Å². The smallest absolute Gasteiger partial charge is 0.287 e. The molecule has 210 valence electrons. The predicted octanol–water partition coefficient (Wildman–Crippen LogP) is 4.54. The van der Waals surface area contributed by atoms with Crippen molar-refractivity contribution in [2.75, 3.05) is 10.6 Å². The van der Waals surface area contributed by atoms with Gasteiger partial charge in [0, 0.05) is 5.70 Å². The Kier molecular flexibility index (Phi) is 7.67. The zero-order valence-corrected chi connectivity index (χ0v) is 23.7. The molecule has 0 unspecified atom stereocenters. The fourth-order valence-corrected chi connectivity index (χ4v) is 6.22. The normalized spacial score (nSPS) is 20.1. The van der Waals surface area contributed by atoms with Crippen molar-refractivity contribution in [3.8, 4) is 0 Å². The Morgan fingerprint density at radius 2 is 1.82 bits per heavy atom. The summed E-state index contributed by atoms with van der Waals surface area (Å²) in [5.74, 6) is -0.819. The molecule has 2 heterocycles. The first-order valence-electron chi connectivity index (χ1n) is 11.9. The monoisotopic (exact) mass is 600 g/mol. The standard InChI is InChI=1S/C13H16FN3O2S.C11H11ClFN3O2S/c1-8(2)13(5-6-13)16-12-15-10-4-3-9(14)7-11(10)20(18,19)17-12;1-3-6(2)14-11-15-9-4-7(12)8(13)5-10(9)19(17,18)16-11/h3-4,7-8H,5-6H2,1-2H3,(H2,15,16,17);4-5H,2-3H2,1H3,(H2,14,15,16). The highest BCUT2D eigenvalue weighted by Crippen LogP contribution is 2.46. The molecule has 0 saturated heterocycles. The summed E-state index contributed by atoms with van der Waals surface area (Å²) in [6.07, 6.45) is 2.51. The van der Waals surface area contributed by atoms with E-state index in [1.165, 1.54) is 18.2 Å². The van der Waals surface area contributed by atoms with Gasteiger partial charge in [0.15, 0.2) is 0 Å². The van der Waals surface area contributed by atoms with Gasteiger partial charge in [-0.3, -0.25) is 0 Å². The van der Waals surface area contributed by atoms with Crippen LogP contribution in [0.1, 0.15) is 40.0 Å². The molecular weight excluding hydrogens is 574 g/mol. The summed E-state index contributed by atoms with van der Waals surface area (Å²) in [6, 6.07) is 5.67. The number of nitrogens with zero attached hydrogens (tertiary/aromatic N) is 2. The van der Waals surface area contributed by atoms with Crippen molar-refractivity contribution < 1.29 is 25.6 Å². The van der Waals surface area contributed by atoms with Gasteiger partial charge in [0.1, 0.15) is 21.4 Å². The Hall–Kier alpha value is -3.23. The van der Waals surface area contributed by atoms with Gasteiger partial charge < -0.3 is 16.0 Å². The van der Waals surface area contributed by atoms with E-state index in [9.17, 15) is 25.6 Å². The summed E-state index contributed by atoms with van der Waals surface area (Å²) in [5.41, 5.74) is 0.942. The number of hydrogen-bond donors (Lipinski definition) is 4. The second kappa shape index (κ2) is 10.4. The number of nitrogens with one attached hydrogen (secondary N) is 4.